The first kappa shape index (κ1) is 21.8. The first-order valence-electron chi connectivity index (χ1n) is 9.93. The van der Waals surface area contributed by atoms with Crippen LogP contribution in [0.1, 0.15) is 53.0 Å². The minimum absolute atomic E-state index is 0.199. The van der Waals surface area contributed by atoms with Crippen LogP contribution in [0.2, 0.25) is 0 Å². The maximum absolute atomic E-state index is 12.1. The van der Waals surface area contributed by atoms with Crippen molar-refractivity contribution in [2.45, 2.75) is 72.1 Å². The molecule has 6 heteroatoms. The van der Waals surface area contributed by atoms with Crippen molar-refractivity contribution < 1.29 is 19.4 Å². The van der Waals surface area contributed by atoms with Crippen molar-refractivity contribution in [2.75, 3.05) is 0 Å². The second-order valence-corrected chi connectivity index (χ2v) is 8.25. The molecule has 0 saturated heterocycles. The van der Waals surface area contributed by atoms with E-state index in [4.69, 9.17) is 4.74 Å². The number of carboxylic acids is 1. The number of aromatic nitrogens is 1. The Labute approximate surface area is 166 Å². The van der Waals surface area contributed by atoms with Gasteiger partial charge in [0.05, 0.1) is 0 Å². The fraction of sp³-hybridized carbons (Fsp3) is 0.545. The van der Waals surface area contributed by atoms with Crippen LogP contribution in [0.3, 0.4) is 0 Å². The molecule has 1 heterocycles. The van der Waals surface area contributed by atoms with Crippen LogP contribution in [0, 0.1) is 5.92 Å². The molecule has 154 valence electrons. The molecule has 0 aliphatic heterocycles. The Morgan fingerprint density at radius 2 is 1.82 bits per heavy atom. The maximum Gasteiger partial charge on any atom is 0.408 e. The summed E-state index contributed by atoms with van der Waals surface area (Å²) in [6.45, 7) is 10.5. The van der Waals surface area contributed by atoms with Crippen LogP contribution in [0.4, 0.5) is 4.79 Å². The maximum atomic E-state index is 12.1. The number of amides is 1. The molecule has 0 aliphatic carbocycles. The van der Waals surface area contributed by atoms with Crippen molar-refractivity contribution in [3.8, 4) is 0 Å². The highest BCUT2D eigenvalue weighted by Gasteiger charge is 2.25. The standard InChI is InChI=1S/C22H32N2O4/c1-6-15(7-2)13-24-14-16(17-10-8-9-11-19(17)24)12-18(20(25)26)23-21(27)28-22(3,4)5/h8-11,14-15,18H,6-7,12-13H2,1-5H3,(H,23,27)(H,25,26)/t18-/m1/s1. The lowest BCUT2D eigenvalue weighted by Gasteiger charge is -2.22. The lowest BCUT2D eigenvalue weighted by molar-refractivity contribution is -0.139. The molecular formula is C22H32N2O4. The molecule has 1 aromatic heterocycles. The summed E-state index contributed by atoms with van der Waals surface area (Å²) in [7, 11) is 0. The molecule has 1 aromatic carbocycles. The van der Waals surface area contributed by atoms with Crippen LogP contribution in [-0.2, 0) is 22.5 Å². The van der Waals surface area contributed by atoms with E-state index in [1.54, 1.807) is 20.8 Å². The molecule has 2 N–H and O–H groups in total. The first-order chi connectivity index (χ1) is 13.1. The van der Waals surface area contributed by atoms with Crippen molar-refractivity contribution in [1.29, 1.82) is 0 Å². The average molecular weight is 389 g/mol. The van der Waals surface area contributed by atoms with Gasteiger partial charge in [0, 0.05) is 30.1 Å². The predicted octanol–water partition coefficient (Wildman–Crippen LogP) is 4.60. The summed E-state index contributed by atoms with van der Waals surface area (Å²) < 4.78 is 7.41. The number of ether oxygens (including phenoxy) is 1. The third-order valence-electron chi connectivity index (χ3n) is 4.89. The zero-order valence-electron chi connectivity index (χ0n) is 17.5. The minimum Gasteiger partial charge on any atom is -0.480 e. The molecule has 1 atom stereocenters. The number of fused-ring (bicyclic) bond motifs is 1. The fourth-order valence-electron chi connectivity index (χ4n) is 3.33. The van der Waals surface area contributed by atoms with E-state index in [-0.39, 0.29) is 6.42 Å². The zero-order valence-corrected chi connectivity index (χ0v) is 17.5. The minimum atomic E-state index is -1.08. The van der Waals surface area contributed by atoms with E-state index in [1.165, 1.54) is 0 Å². The van der Waals surface area contributed by atoms with Gasteiger partial charge in [-0.2, -0.15) is 0 Å². The monoisotopic (exact) mass is 388 g/mol. The number of alkyl carbamates (subject to hydrolysis) is 1. The number of aliphatic carboxylic acids is 1. The van der Waals surface area contributed by atoms with Gasteiger partial charge in [0.25, 0.3) is 0 Å². The number of carbonyl (C=O) groups excluding carboxylic acids is 1. The number of hydrogen-bond acceptors (Lipinski definition) is 3. The van der Waals surface area contributed by atoms with Crippen LogP contribution in [0.15, 0.2) is 30.5 Å². The van der Waals surface area contributed by atoms with Crippen LogP contribution in [0.25, 0.3) is 10.9 Å². The molecule has 6 nitrogen and oxygen atoms in total. The van der Waals surface area contributed by atoms with Crippen molar-refractivity contribution in [3.63, 3.8) is 0 Å². The molecule has 28 heavy (non-hydrogen) atoms. The predicted molar refractivity (Wildman–Crippen MR) is 111 cm³/mol. The van der Waals surface area contributed by atoms with Gasteiger partial charge < -0.3 is 19.7 Å². The molecule has 0 unspecified atom stereocenters. The van der Waals surface area contributed by atoms with Gasteiger partial charge in [0.15, 0.2) is 0 Å². The van der Waals surface area contributed by atoms with E-state index >= 15 is 0 Å². The molecule has 0 bridgehead atoms. The second kappa shape index (κ2) is 9.13. The number of rotatable bonds is 8. The Morgan fingerprint density at radius 3 is 2.39 bits per heavy atom. The number of carbonyl (C=O) groups is 2. The van der Waals surface area contributed by atoms with E-state index in [2.05, 4.69) is 29.8 Å². The smallest absolute Gasteiger partial charge is 0.408 e. The highest BCUT2D eigenvalue weighted by molar-refractivity contribution is 5.86. The highest BCUT2D eigenvalue weighted by atomic mass is 16.6. The highest BCUT2D eigenvalue weighted by Crippen LogP contribution is 2.25. The number of nitrogens with one attached hydrogen (secondary N) is 1. The SMILES string of the molecule is CCC(CC)Cn1cc(C[C@@H](NC(=O)OC(C)(C)C)C(=O)O)c2ccccc21. The largest absolute Gasteiger partial charge is 0.480 e. The van der Waals surface area contributed by atoms with Crippen molar-refractivity contribution in [2.24, 2.45) is 5.92 Å². The summed E-state index contributed by atoms with van der Waals surface area (Å²) in [6.07, 6.45) is 3.69. The third kappa shape index (κ3) is 5.75. The molecule has 0 fully saturated rings. The molecule has 0 radical (unpaired) electrons. The summed E-state index contributed by atoms with van der Waals surface area (Å²) in [4.78, 5) is 23.8. The number of nitrogens with zero attached hydrogens (tertiary/aromatic N) is 1. The first-order valence-corrected chi connectivity index (χ1v) is 9.93. The van der Waals surface area contributed by atoms with Crippen molar-refractivity contribution in [1.82, 2.24) is 9.88 Å². The number of hydrogen-bond donors (Lipinski definition) is 2. The number of para-hydroxylation sites is 1. The van der Waals surface area contributed by atoms with E-state index in [1.807, 2.05) is 24.4 Å². The molecule has 0 spiro atoms. The quantitative estimate of drug-likeness (QED) is 0.693. The molecule has 2 rings (SSSR count). The Morgan fingerprint density at radius 1 is 1.18 bits per heavy atom. The van der Waals surface area contributed by atoms with Crippen LogP contribution >= 0.6 is 0 Å². The van der Waals surface area contributed by atoms with Gasteiger partial charge in [0.2, 0.25) is 0 Å². The summed E-state index contributed by atoms with van der Waals surface area (Å²) in [6, 6.07) is 6.94. The van der Waals surface area contributed by atoms with E-state index in [0.717, 1.165) is 35.9 Å². The van der Waals surface area contributed by atoms with E-state index in [9.17, 15) is 14.7 Å². The van der Waals surface area contributed by atoms with Crippen LogP contribution < -0.4 is 5.32 Å². The lowest BCUT2D eigenvalue weighted by atomic mass is 10.0. The van der Waals surface area contributed by atoms with Crippen LogP contribution in [-0.4, -0.2) is 33.4 Å². The van der Waals surface area contributed by atoms with Gasteiger partial charge in [-0.15, -0.1) is 0 Å². The fourth-order valence-corrected chi connectivity index (χ4v) is 3.33. The Bertz CT molecular complexity index is 816. The number of carboxylic acid groups (broad SMARTS) is 1. The number of benzene rings is 1. The summed E-state index contributed by atoms with van der Waals surface area (Å²) >= 11 is 0. The van der Waals surface area contributed by atoms with Gasteiger partial charge in [0.1, 0.15) is 11.6 Å². The zero-order chi connectivity index (χ0) is 20.9. The van der Waals surface area contributed by atoms with E-state index < -0.39 is 23.7 Å². The van der Waals surface area contributed by atoms with E-state index in [0.29, 0.717) is 5.92 Å². The van der Waals surface area contributed by atoms with Gasteiger partial charge >= 0.3 is 12.1 Å². The molecule has 0 saturated carbocycles. The normalized spacial score (nSPS) is 12.9. The van der Waals surface area contributed by atoms with Gasteiger partial charge in [-0.05, 0) is 38.3 Å². The van der Waals surface area contributed by atoms with Gasteiger partial charge in [-0.3, -0.25) is 0 Å². The van der Waals surface area contributed by atoms with Gasteiger partial charge in [-0.25, -0.2) is 9.59 Å². The third-order valence-corrected chi connectivity index (χ3v) is 4.89. The van der Waals surface area contributed by atoms with Crippen LogP contribution in [0.5, 0.6) is 0 Å². The second-order valence-electron chi connectivity index (χ2n) is 8.25. The van der Waals surface area contributed by atoms with Gasteiger partial charge in [-0.1, -0.05) is 44.9 Å². The lowest BCUT2D eigenvalue weighted by Crippen LogP contribution is -2.44. The molecule has 1 amide bonds. The molecular weight excluding hydrogens is 356 g/mol. The average Bonchev–Trinajstić information content (AvgIpc) is 2.95. The Balaban J connectivity index is 2.27. The topological polar surface area (TPSA) is 80.6 Å². The van der Waals surface area contributed by atoms with Crippen molar-refractivity contribution in [3.05, 3.63) is 36.0 Å². The molecule has 0 aliphatic rings. The summed E-state index contributed by atoms with van der Waals surface area (Å²) in [5.41, 5.74) is 1.31. The summed E-state index contributed by atoms with van der Waals surface area (Å²) in [5.74, 6) is -0.513. The Hall–Kier alpha value is -2.50. The Kier molecular flexibility index (Phi) is 7.11. The van der Waals surface area contributed by atoms with Crippen molar-refractivity contribution >= 4 is 23.0 Å². The molecule has 2 aromatic rings. The summed E-state index contributed by atoms with van der Waals surface area (Å²) in [5, 5.41) is 13.1.